The molecule has 3 amide bonds. The quantitative estimate of drug-likeness (QED) is 0.794. The zero-order valence-electron chi connectivity index (χ0n) is 16.4. The molecule has 0 bridgehead atoms. The minimum absolute atomic E-state index is 0.0621. The molecule has 0 radical (unpaired) electrons. The molecule has 29 heavy (non-hydrogen) atoms. The van der Waals surface area contributed by atoms with Crippen molar-refractivity contribution in [2.45, 2.75) is 44.7 Å². The fourth-order valence-corrected chi connectivity index (χ4v) is 3.52. The smallest absolute Gasteiger partial charge is 0.409 e. The lowest BCUT2D eigenvalue weighted by Crippen LogP contribution is -2.47. The van der Waals surface area contributed by atoms with E-state index in [1.54, 1.807) is 34.6 Å². The third-order valence-corrected chi connectivity index (χ3v) is 5.24. The first-order valence-corrected chi connectivity index (χ1v) is 10.1. The minimum Gasteiger partial charge on any atom is -0.450 e. The molecular weight excluding hydrogens is 374 g/mol. The number of ether oxygens (including phenoxy) is 1. The van der Waals surface area contributed by atoms with Crippen molar-refractivity contribution in [2.24, 2.45) is 0 Å². The first-order valence-electron chi connectivity index (χ1n) is 10.1. The Labute approximate surface area is 168 Å². The van der Waals surface area contributed by atoms with Crippen LogP contribution in [-0.4, -0.2) is 64.0 Å². The van der Waals surface area contributed by atoms with Gasteiger partial charge in [-0.3, -0.25) is 14.0 Å². The fourth-order valence-electron chi connectivity index (χ4n) is 3.52. The van der Waals surface area contributed by atoms with Crippen molar-refractivity contribution in [2.75, 3.05) is 19.7 Å². The highest BCUT2D eigenvalue weighted by Gasteiger charge is 2.29. The molecule has 0 aromatic carbocycles. The summed E-state index contributed by atoms with van der Waals surface area (Å²) in [5, 5.41) is 5.92. The predicted molar refractivity (Wildman–Crippen MR) is 105 cm³/mol. The van der Waals surface area contributed by atoms with Crippen LogP contribution in [0.2, 0.25) is 0 Å². The topological polar surface area (TPSA) is 105 Å². The number of nitrogens with one attached hydrogen (secondary N) is 2. The fraction of sp³-hybridized carbons (Fsp3) is 0.500. The van der Waals surface area contributed by atoms with Gasteiger partial charge in [-0.15, -0.1) is 0 Å². The Morgan fingerprint density at radius 3 is 2.45 bits per heavy atom. The summed E-state index contributed by atoms with van der Waals surface area (Å²) in [6, 6.07) is 5.55. The van der Waals surface area contributed by atoms with Gasteiger partial charge in [0.25, 0.3) is 11.8 Å². The van der Waals surface area contributed by atoms with Gasteiger partial charge in [-0.2, -0.15) is 0 Å². The summed E-state index contributed by atoms with van der Waals surface area (Å²) in [5.41, 5.74) is 0.868. The van der Waals surface area contributed by atoms with E-state index in [0.717, 1.165) is 12.8 Å². The molecule has 154 valence electrons. The van der Waals surface area contributed by atoms with Crippen molar-refractivity contribution >= 4 is 23.4 Å². The highest BCUT2D eigenvalue weighted by molar-refractivity contribution is 6.02. The van der Waals surface area contributed by atoms with Crippen LogP contribution in [0.15, 0.2) is 24.4 Å². The number of hydrogen-bond donors (Lipinski definition) is 2. The number of imidazole rings is 1. The molecule has 0 spiro atoms. The van der Waals surface area contributed by atoms with Crippen LogP contribution in [0.25, 0.3) is 5.52 Å². The molecule has 2 fully saturated rings. The summed E-state index contributed by atoms with van der Waals surface area (Å²) >= 11 is 0. The third-order valence-electron chi connectivity index (χ3n) is 5.24. The Hall–Kier alpha value is -3.10. The van der Waals surface area contributed by atoms with Crippen LogP contribution in [0.1, 0.15) is 53.7 Å². The van der Waals surface area contributed by atoms with E-state index in [1.165, 1.54) is 0 Å². The van der Waals surface area contributed by atoms with Gasteiger partial charge in [-0.1, -0.05) is 6.07 Å². The summed E-state index contributed by atoms with van der Waals surface area (Å²) in [6.45, 7) is 3.18. The monoisotopic (exact) mass is 399 g/mol. The molecular formula is C20H25N5O4. The number of fused-ring (bicyclic) bond motifs is 1. The van der Waals surface area contributed by atoms with Crippen molar-refractivity contribution in [3.05, 3.63) is 35.9 Å². The molecule has 9 nitrogen and oxygen atoms in total. The zero-order chi connectivity index (χ0) is 20.4. The lowest BCUT2D eigenvalue weighted by atomic mass is 10.1. The van der Waals surface area contributed by atoms with Gasteiger partial charge in [0, 0.05) is 31.4 Å². The number of rotatable bonds is 5. The van der Waals surface area contributed by atoms with Crippen molar-refractivity contribution < 1.29 is 19.1 Å². The van der Waals surface area contributed by atoms with E-state index in [0.29, 0.717) is 38.1 Å². The van der Waals surface area contributed by atoms with E-state index in [4.69, 9.17) is 4.74 Å². The maximum Gasteiger partial charge on any atom is 0.409 e. The first kappa shape index (κ1) is 19.2. The number of nitrogens with zero attached hydrogens (tertiary/aromatic N) is 3. The van der Waals surface area contributed by atoms with Gasteiger partial charge in [0.15, 0.2) is 5.69 Å². The largest absolute Gasteiger partial charge is 0.450 e. The summed E-state index contributed by atoms with van der Waals surface area (Å²) < 4.78 is 6.66. The minimum atomic E-state index is -0.328. The lowest BCUT2D eigenvalue weighted by Gasteiger charge is -2.31. The number of pyridine rings is 1. The van der Waals surface area contributed by atoms with Crippen molar-refractivity contribution in [1.82, 2.24) is 24.9 Å². The highest BCUT2D eigenvalue weighted by Crippen LogP contribution is 2.21. The van der Waals surface area contributed by atoms with Gasteiger partial charge in [-0.25, -0.2) is 9.78 Å². The third kappa shape index (κ3) is 4.18. The molecule has 0 unspecified atom stereocenters. The molecule has 3 heterocycles. The predicted octanol–water partition coefficient (Wildman–Crippen LogP) is 1.58. The molecule has 2 aliphatic rings. The number of aromatic nitrogens is 2. The van der Waals surface area contributed by atoms with Crippen LogP contribution >= 0.6 is 0 Å². The molecule has 0 atom stereocenters. The molecule has 2 aromatic rings. The average Bonchev–Trinajstić information content (AvgIpc) is 3.45. The van der Waals surface area contributed by atoms with Crippen molar-refractivity contribution in [3.63, 3.8) is 0 Å². The molecule has 1 saturated heterocycles. The Morgan fingerprint density at radius 1 is 1.07 bits per heavy atom. The van der Waals surface area contributed by atoms with Gasteiger partial charge in [0.1, 0.15) is 0 Å². The Balaban J connectivity index is 1.45. The number of likely N-dealkylation sites (tertiary alicyclic amines) is 1. The van der Waals surface area contributed by atoms with Gasteiger partial charge >= 0.3 is 6.09 Å². The van der Waals surface area contributed by atoms with E-state index in [2.05, 4.69) is 15.6 Å². The normalized spacial score (nSPS) is 17.2. The Bertz CT molecular complexity index is 928. The van der Waals surface area contributed by atoms with Gasteiger partial charge < -0.3 is 20.3 Å². The second kappa shape index (κ2) is 8.10. The maximum atomic E-state index is 12.9. The van der Waals surface area contributed by atoms with E-state index in [1.807, 2.05) is 6.07 Å². The van der Waals surface area contributed by atoms with Gasteiger partial charge in [-0.05, 0) is 44.7 Å². The van der Waals surface area contributed by atoms with Crippen LogP contribution in [0.5, 0.6) is 0 Å². The highest BCUT2D eigenvalue weighted by atomic mass is 16.6. The second-order valence-electron chi connectivity index (χ2n) is 7.42. The van der Waals surface area contributed by atoms with E-state index in [9.17, 15) is 14.4 Å². The van der Waals surface area contributed by atoms with Crippen LogP contribution in [-0.2, 0) is 4.74 Å². The number of carbonyl (C=O) groups excluding carboxylic acids is 3. The van der Waals surface area contributed by atoms with Crippen LogP contribution in [0.3, 0.4) is 0 Å². The summed E-state index contributed by atoms with van der Waals surface area (Å²) in [7, 11) is 0. The Morgan fingerprint density at radius 2 is 1.76 bits per heavy atom. The number of piperidine rings is 1. The summed E-state index contributed by atoms with van der Waals surface area (Å²) in [6.07, 6.45) is 4.66. The van der Waals surface area contributed by atoms with Crippen LogP contribution < -0.4 is 10.6 Å². The molecule has 1 saturated carbocycles. The lowest BCUT2D eigenvalue weighted by molar-refractivity contribution is 0.0852. The number of hydrogen-bond acceptors (Lipinski definition) is 5. The second-order valence-corrected chi connectivity index (χ2v) is 7.42. The Kier molecular flexibility index (Phi) is 5.37. The van der Waals surface area contributed by atoms with Gasteiger partial charge in [0.05, 0.1) is 12.1 Å². The summed E-state index contributed by atoms with van der Waals surface area (Å²) in [4.78, 5) is 43.2. The van der Waals surface area contributed by atoms with E-state index in [-0.39, 0.29) is 41.5 Å². The molecule has 9 heteroatoms. The van der Waals surface area contributed by atoms with Crippen molar-refractivity contribution in [1.29, 1.82) is 0 Å². The first-order chi connectivity index (χ1) is 14.1. The van der Waals surface area contributed by atoms with E-state index >= 15 is 0 Å². The van der Waals surface area contributed by atoms with Gasteiger partial charge in [0.2, 0.25) is 5.82 Å². The number of carbonyl (C=O) groups is 3. The summed E-state index contributed by atoms with van der Waals surface area (Å²) in [5.74, 6) is -0.390. The average molecular weight is 399 g/mol. The molecule has 2 N–H and O–H groups in total. The van der Waals surface area contributed by atoms with Crippen molar-refractivity contribution in [3.8, 4) is 0 Å². The molecule has 1 aliphatic heterocycles. The zero-order valence-corrected chi connectivity index (χ0v) is 16.4. The van der Waals surface area contributed by atoms with Crippen LogP contribution in [0.4, 0.5) is 4.79 Å². The standard InChI is InChI=1S/C20H25N5O4/c1-2-29-20(28)24-11-8-14(9-12-24)22-19(27)17-23-16(18(26)21-13-6-7-13)15-5-3-4-10-25(15)17/h3-5,10,13-14H,2,6-9,11-12H2,1H3,(H,21,26)(H,22,27). The molecule has 2 aromatic heterocycles. The molecule has 1 aliphatic carbocycles. The maximum absolute atomic E-state index is 12.9. The number of amides is 3. The molecule has 4 rings (SSSR count). The van der Waals surface area contributed by atoms with Crippen LogP contribution in [0, 0.1) is 0 Å². The van der Waals surface area contributed by atoms with E-state index < -0.39 is 0 Å². The SMILES string of the molecule is CCOC(=O)N1CCC(NC(=O)c2nc(C(=O)NC3CC3)c3ccccn23)CC1.